The smallest absolute Gasteiger partial charge is 0.296 e. The Balaban J connectivity index is 1.83. The summed E-state index contributed by atoms with van der Waals surface area (Å²) in [5.41, 5.74) is 1.07. The van der Waals surface area contributed by atoms with E-state index in [1.54, 1.807) is 60.7 Å². The molecular formula is C25H23NO6. The molecule has 1 saturated heterocycles. The Bertz CT molecular complexity index is 1150. The van der Waals surface area contributed by atoms with Gasteiger partial charge in [-0.3, -0.25) is 9.59 Å². The minimum Gasteiger partial charge on any atom is -0.507 e. The minimum absolute atomic E-state index is 0.0129. The zero-order valence-electron chi connectivity index (χ0n) is 17.8. The van der Waals surface area contributed by atoms with E-state index < -0.39 is 17.7 Å². The maximum atomic E-state index is 13.1. The standard InChI is InChI=1S/C25H23NO6/c1-3-31-18-11-9-16(10-12-18)22-21(23(27)17-6-4-7-19(14-17)30-2)24(28)25(29)26(22)15-20-8-5-13-32-20/h4-14,22,27H,3,15H2,1-2H3/b23-21-. The Morgan fingerprint density at radius 1 is 1.06 bits per heavy atom. The summed E-state index contributed by atoms with van der Waals surface area (Å²) in [4.78, 5) is 27.5. The zero-order valence-corrected chi connectivity index (χ0v) is 17.8. The molecule has 1 N–H and O–H groups in total. The van der Waals surface area contributed by atoms with Crippen molar-refractivity contribution in [2.45, 2.75) is 19.5 Å². The van der Waals surface area contributed by atoms with Crippen molar-refractivity contribution in [3.05, 3.63) is 89.4 Å². The van der Waals surface area contributed by atoms with Crippen LogP contribution in [-0.4, -0.2) is 35.4 Å². The monoisotopic (exact) mass is 433 g/mol. The highest BCUT2D eigenvalue weighted by Gasteiger charge is 2.46. The Hall–Kier alpha value is -4.00. The summed E-state index contributed by atoms with van der Waals surface area (Å²) in [5.74, 6) is 0.0105. The second-order valence-corrected chi connectivity index (χ2v) is 7.24. The first kappa shape index (κ1) is 21.2. The first-order chi connectivity index (χ1) is 15.5. The molecule has 4 rings (SSSR count). The number of Topliss-reactive ketones (excluding diaryl/α,β-unsaturated/α-hetero) is 1. The molecule has 1 fully saturated rings. The van der Waals surface area contributed by atoms with E-state index in [-0.39, 0.29) is 17.9 Å². The lowest BCUT2D eigenvalue weighted by atomic mass is 9.95. The lowest BCUT2D eigenvalue weighted by molar-refractivity contribution is -0.140. The Kier molecular flexibility index (Phi) is 5.98. The summed E-state index contributed by atoms with van der Waals surface area (Å²) >= 11 is 0. The van der Waals surface area contributed by atoms with Crippen LogP contribution in [0.4, 0.5) is 0 Å². The number of aliphatic hydroxyl groups excluding tert-OH is 1. The predicted molar refractivity (Wildman–Crippen MR) is 117 cm³/mol. The van der Waals surface area contributed by atoms with Gasteiger partial charge in [-0.25, -0.2) is 0 Å². The molecule has 1 amide bonds. The molecule has 0 saturated carbocycles. The van der Waals surface area contributed by atoms with E-state index in [1.807, 2.05) is 6.92 Å². The molecule has 1 aliphatic rings. The maximum Gasteiger partial charge on any atom is 0.296 e. The van der Waals surface area contributed by atoms with Gasteiger partial charge in [0.25, 0.3) is 11.7 Å². The molecule has 1 unspecified atom stereocenters. The average molecular weight is 433 g/mol. The number of methoxy groups -OCH3 is 1. The van der Waals surface area contributed by atoms with Crippen molar-refractivity contribution < 1.29 is 28.6 Å². The fourth-order valence-corrected chi connectivity index (χ4v) is 3.80. The summed E-state index contributed by atoms with van der Waals surface area (Å²) in [5, 5.41) is 11.1. The van der Waals surface area contributed by atoms with Crippen LogP contribution in [-0.2, 0) is 16.1 Å². The van der Waals surface area contributed by atoms with Gasteiger partial charge in [-0.2, -0.15) is 0 Å². The van der Waals surface area contributed by atoms with Gasteiger partial charge in [0.05, 0.1) is 38.1 Å². The molecule has 2 aromatic carbocycles. The summed E-state index contributed by atoms with van der Waals surface area (Å²) in [6.45, 7) is 2.50. The van der Waals surface area contributed by atoms with E-state index in [2.05, 4.69) is 0 Å². The van der Waals surface area contributed by atoms with Gasteiger partial charge in [0.1, 0.15) is 23.0 Å². The number of benzene rings is 2. The number of amides is 1. The van der Waals surface area contributed by atoms with Gasteiger partial charge < -0.3 is 23.9 Å². The van der Waals surface area contributed by atoms with Gasteiger partial charge in [0.2, 0.25) is 0 Å². The third kappa shape index (κ3) is 3.97. The lowest BCUT2D eigenvalue weighted by Crippen LogP contribution is -2.29. The second-order valence-electron chi connectivity index (χ2n) is 7.24. The van der Waals surface area contributed by atoms with E-state index in [9.17, 15) is 14.7 Å². The summed E-state index contributed by atoms with van der Waals surface area (Å²) in [6.07, 6.45) is 1.51. The number of furan rings is 1. The molecule has 3 aromatic rings. The van der Waals surface area contributed by atoms with Crippen LogP contribution in [0.5, 0.6) is 11.5 Å². The van der Waals surface area contributed by atoms with E-state index in [1.165, 1.54) is 18.3 Å². The number of ketones is 1. The highest BCUT2D eigenvalue weighted by molar-refractivity contribution is 6.46. The molecule has 7 nitrogen and oxygen atoms in total. The minimum atomic E-state index is -0.790. The molecule has 0 radical (unpaired) electrons. The normalized spacial score (nSPS) is 17.6. The third-order valence-corrected chi connectivity index (χ3v) is 5.30. The highest BCUT2D eigenvalue weighted by Crippen LogP contribution is 2.41. The van der Waals surface area contributed by atoms with Gasteiger partial charge in [-0.15, -0.1) is 0 Å². The number of carbonyl (C=O) groups is 2. The van der Waals surface area contributed by atoms with Crippen molar-refractivity contribution in [3.63, 3.8) is 0 Å². The maximum absolute atomic E-state index is 13.1. The van der Waals surface area contributed by atoms with Crippen LogP contribution in [0.3, 0.4) is 0 Å². The zero-order chi connectivity index (χ0) is 22.7. The van der Waals surface area contributed by atoms with Crippen molar-refractivity contribution in [1.82, 2.24) is 4.90 Å². The van der Waals surface area contributed by atoms with Crippen molar-refractivity contribution in [2.75, 3.05) is 13.7 Å². The van der Waals surface area contributed by atoms with Crippen molar-refractivity contribution >= 4 is 17.4 Å². The molecule has 1 aromatic heterocycles. The second kappa shape index (κ2) is 9.01. The molecule has 164 valence electrons. The number of rotatable bonds is 7. The highest BCUT2D eigenvalue weighted by atomic mass is 16.5. The van der Waals surface area contributed by atoms with Crippen molar-refractivity contribution in [1.29, 1.82) is 0 Å². The van der Waals surface area contributed by atoms with E-state index in [4.69, 9.17) is 13.9 Å². The number of likely N-dealkylation sites (tertiary alicyclic amines) is 1. The number of nitrogens with zero attached hydrogens (tertiary/aromatic N) is 1. The number of ether oxygens (including phenoxy) is 2. The van der Waals surface area contributed by atoms with Crippen LogP contribution in [0.15, 0.2) is 76.9 Å². The Labute approximate surface area is 185 Å². The molecule has 32 heavy (non-hydrogen) atoms. The topological polar surface area (TPSA) is 89.2 Å². The first-order valence-corrected chi connectivity index (χ1v) is 10.2. The summed E-state index contributed by atoms with van der Waals surface area (Å²) < 4.78 is 16.1. The number of carbonyl (C=O) groups excluding carboxylic acids is 2. The quantitative estimate of drug-likeness (QED) is 0.339. The van der Waals surface area contributed by atoms with Gasteiger partial charge in [0.15, 0.2) is 0 Å². The van der Waals surface area contributed by atoms with Crippen molar-refractivity contribution in [2.24, 2.45) is 0 Å². The molecule has 0 aliphatic carbocycles. The summed E-state index contributed by atoms with van der Waals surface area (Å²) in [7, 11) is 1.52. The Morgan fingerprint density at radius 3 is 2.50 bits per heavy atom. The predicted octanol–water partition coefficient (Wildman–Crippen LogP) is 4.31. The van der Waals surface area contributed by atoms with E-state index in [0.717, 1.165) is 0 Å². The van der Waals surface area contributed by atoms with Gasteiger partial charge in [-0.1, -0.05) is 24.3 Å². The van der Waals surface area contributed by atoms with Crippen LogP contribution in [0.25, 0.3) is 5.76 Å². The lowest BCUT2D eigenvalue weighted by Gasteiger charge is -2.24. The van der Waals surface area contributed by atoms with Crippen LogP contribution in [0, 0.1) is 0 Å². The van der Waals surface area contributed by atoms with Crippen LogP contribution in [0.1, 0.15) is 29.9 Å². The molecule has 0 bridgehead atoms. The first-order valence-electron chi connectivity index (χ1n) is 10.2. The molecule has 0 spiro atoms. The van der Waals surface area contributed by atoms with Crippen molar-refractivity contribution in [3.8, 4) is 11.5 Å². The van der Waals surface area contributed by atoms with Gasteiger partial charge in [0, 0.05) is 5.56 Å². The fraction of sp³-hybridized carbons (Fsp3) is 0.200. The van der Waals surface area contributed by atoms with Crippen LogP contribution >= 0.6 is 0 Å². The number of aliphatic hydroxyl groups is 1. The molecule has 2 heterocycles. The van der Waals surface area contributed by atoms with E-state index in [0.29, 0.717) is 35.0 Å². The molecule has 1 atom stereocenters. The van der Waals surface area contributed by atoms with Gasteiger partial charge >= 0.3 is 0 Å². The van der Waals surface area contributed by atoms with Gasteiger partial charge in [-0.05, 0) is 48.9 Å². The largest absolute Gasteiger partial charge is 0.507 e. The summed E-state index contributed by atoms with van der Waals surface area (Å²) in [6, 6.07) is 16.5. The Morgan fingerprint density at radius 2 is 1.84 bits per heavy atom. The average Bonchev–Trinajstić information content (AvgIpc) is 3.42. The number of hydrogen-bond acceptors (Lipinski definition) is 6. The third-order valence-electron chi connectivity index (χ3n) is 5.30. The molecular weight excluding hydrogens is 410 g/mol. The number of hydrogen-bond donors (Lipinski definition) is 1. The molecule has 1 aliphatic heterocycles. The van der Waals surface area contributed by atoms with Crippen LogP contribution in [0.2, 0.25) is 0 Å². The fourth-order valence-electron chi connectivity index (χ4n) is 3.80. The SMILES string of the molecule is CCOc1ccc(C2/C(=C(/O)c3cccc(OC)c3)C(=O)C(=O)N2Cc2ccco2)cc1. The molecule has 7 heteroatoms. The van der Waals surface area contributed by atoms with Crippen LogP contribution < -0.4 is 9.47 Å². The van der Waals surface area contributed by atoms with E-state index >= 15 is 0 Å².